The van der Waals surface area contributed by atoms with Crippen LogP contribution in [0.15, 0.2) is 60.7 Å². The number of amides is 3. The van der Waals surface area contributed by atoms with E-state index in [9.17, 15) is 19.5 Å². The Morgan fingerprint density at radius 2 is 1.65 bits per heavy atom. The molecule has 3 amide bonds. The van der Waals surface area contributed by atoms with Gasteiger partial charge in [0.15, 0.2) is 0 Å². The molecule has 7 nitrogen and oxygen atoms in total. The smallest absolute Gasteiger partial charge is 0.407 e. The second kappa shape index (κ2) is 12.2. The Labute approximate surface area is 284 Å². The topological polar surface area (TPSA) is 77.9 Å². The Balaban J connectivity index is 1.22. The molecule has 2 aliphatic carbocycles. The quantitative estimate of drug-likeness (QED) is 0.266. The van der Waals surface area contributed by atoms with Gasteiger partial charge >= 0.3 is 12.0 Å². The number of rotatable bonds is 6. The molecule has 10 heteroatoms. The van der Waals surface area contributed by atoms with E-state index in [0.29, 0.717) is 58.9 Å². The highest BCUT2D eigenvalue weighted by Crippen LogP contribution is 2.47. The molecule has 0 aromatic heterocycles. The van der Waals surface area contributed by atoms with Crippen molar-refractivity contribution in [2.24, 2.45) is 5.41 Å². The summed E-state index contributed by atoms with van der Waals surface area (Å²) in [7, 11) is 0. The Hall–Kier alpha value is -3.10. The zero-order valence-corrected chi connectivity index (χ0v) is 27.8. The normalized spacial score (nSPS) is 23.4. The minimum Gasteiger partial charge on any atom is -0.465 e. The van der Waals surface area contributed by atoms with Crippen LogP contribution in [-0.4, -0.2) is 69.5 Å². The van der Waals surface area contributed by atoms with Gasteiger partial charge in [0.2, 0.25) is 0 Å². The highest BCUT2D eigenvalue weighted by Gasteiger charge is 2.54. The second-order valence-electron chi connectivity index (χ2n) is 13.6. The van der Waals surface area contributed by atoms with Crippen molar-refractivity contribution in [1.82, 2.24) is 9.80 Å². The lowest BCUT2D eigenvalue weighted by Crippen LogP contribution is -2.53. The van der Waals surface area contributed by atoms with Crippen molar-refractivity contribution in [1.29, 1.82) is 0 Å². The van der Waals surface area contributed by atoms with Crippen molar-refractivity contribution in [3.05, 3.63) is 104 Å². The number of piperidine rings is 1. The summed E-state index contributed by atoms with van der Waals surface area (Å²) in [6.07, 6.45) is 5.02. The number of likely N-dealkylation sites (tertiary alicyclic amines) is 2. The predicted molar refractivity (Wildman–Crippen MR) is 179 cm³/mol. The van der Waals surface area contributed by atoms with Gasteiger partial charge in [0.05, 0.1) is 45.3 Å². The maximum absolute atomic E-state index is 14.9. The van der Waals surface area contributed by atoms with Gasteiger partial charge in [0.1, 0.15) is 6.54 Å². The van der Waals surface area contributed by atoms with Gasteiger partial charge in [-0.25, -0.2) is 9.59 Å². The van der Waals surface area contributed by atoms with Crippen LogP contribution in [0.1, 0.15) is 82.0 Å². The summed E-state index contributed by atoms with van der Waals surface area (Å²) in [5.74, 6) is -0.00699. The van der Waals surface area contributed by atoms with Crippen LogP contribution in [0.25, 0.3) is 0 Å². The van der Waals surface area contributed by atoms with E-state index in [0.717, 1.165) is 56.1 Å². The number of fused-ring (bicyclic) bond motifs is 1. The number of hydrogen-bond acceptors (Lipinski definition) is 3. The van der Waals surface area contributed by atoms with Gasteiger partial charge in [0.25, 0.3) is 5.91 Å². The van der Waals surface area contributed by atoms with Gasteiger partial charge in [-0.15, -0.1) is 0 Å². The molecule has 2 saturated heterocycles. The number of nitrogens with zero attached hydrogens (tertiary/aromatic N) is 3. The standard InChI is InChI=1S/C36H36Cl3N3O4/c37-29-4-2-1-3-27(29)33(43)41(26-9-10-26)32-12-8-24-6-7-25(20-28(24)32)34(44)42(21-23-5-11-30(38)31(39)19-23)18-15-36(22-42)13-16-40(17-14-36)35(45)46/h1-7,11,19-20,26,32H,8-10,12-18,21-22H2/p+1. The molecular formula is C36H37Cl3N3O4+. The molecule has 46 heavy (non-hydrogen) atoms. The van der Waals surface area contributed by atoms with Crippen molar-refractivity contribution < 1.29 is 24.0 Å². The van der Waals surface area contributed by atoms with Gasteiger partial charge in [-0.1, -0.05) is 59.1 Å². The van der Waals surface area contributed by atoms with Crippen molar-refractivity contribution in [3.63, 3.8) is 0 Å². The number of aryl methyl sites for hydroxylation is 1. The molecule has 1 spiro atoms. The molecule has 0 radical (unpaired) electrons. The number of carbonyl (C=O) groups excluding carboxylic acids is 2. The van der Waals surface area contributed by atoms with Crippen LogP contribution in [0.2, 0.25) is 15.1 Å². The number of hydrogen-bond donors (Lipinski definition) is 1. The first-order valence-electron chi connectivity index (χ1n) is 16.1. The predicted octanol–water partition coefficient (Wildman–Crippen LogP) is 8.26. The lowest BCUT2D eigenvalue weighted by molar-refractivity contribution is -0.853. The number of benzene rings is 3. The van der Waals surface area contributed by atoms with Crippen LogP contribution in [0.3, 0.4) is 0 Å². The van der Waals surface area contributed by atoms with E-state index in [4.69, 9.17) is 34.8 Å². The Morgan fingerprint density at radius 3 is 2.35 bits per heavy atom. The molecule has 1 N–H and O–H groups in total. The van der Waals surface area contributed by atoms with Crippen LogP contribution >= 0.6 is 34.8 Å². The largest absolute Gasteiger partial charge is 0.465 e. The molecular weight excluding hydrogens is 645 g/mol. The zero-order chi connectivity index (χ0) is 32.2. The summed E-state index contributed by atoms with van der Waals surface area (Å²) in [4.78, 5) is 43.9. The van der Waals surface area contributed by atoms with Crippen LogP contribution in [0.4, 0.5) is 4.79 Å². The van der Waals surface area contributed by atoms with Crippen molar-refractivity contribution in [2.75, 3.05) is 26.2 Å². The van der Waals surface area contributed by atoms with Crippen LogP contribution in [0, 0.1) is 5.41 Å². The minimum atomic E-state index is -0.888. The molecule has 7 rings (SSSR count). The first kappa shape index (κ1) is 31.5. The summed E-state index contributed by atoms with van der Waals surface area (Å²) < 4.78 is 0.235. The molecule has 4 aliphatic rings. The Bertz CT molecular complexity index is 1720. The monoisotopic (exact) mass is 680 g/mol. The maximum atomic E-state index is 14.9. The van der Waals surface area contributed by atoms with Crippen molar-refractivity contribution >= 4 is 52.7 Å². The molecule has 0 bridgehead atoms. The van der Waals surface area contributed by atoms with Gasteiger partial charge in [-0.3, -0.25) is 9.28 Å². The molecule has 1 saturated carbocycles. The lowest BCUT2D eigenvalue weighted by Gasteiger charge is -2.39. The lowest BCUT2D eigenvalue weighted by atomic mass is 9.77. The molecule has 3 fully saturated rings. The summed E-state index contributed by atoms with van der Waals surface area (Å²) in [6, 6.07) is 18.9. The van der Waals surface area contributed by atoms with Gasteiger partial charge < -0.3 is 14.9 Å². The van der Waals surface area contributed by atoms with Gasteiger partial charge in [0, 0.05) is 36.5 Å². The van der Waals surface area contributed by atoms with Crippen LogP contribution in [-0.2, 0) is 13.0 Å². The molecule has 3 aromatic carbocycles. The Morgan fingerprint density at radius 1 is 0.891 bits per heavy atom. The van der Waals surface area contributed by atoms with E-state index < -0.39 is 6.09 Å². The highest BCUT2D eigenvalue weighted by molar-refractivity contribution is 6.42. The summed E-state index contributed by atoms with van der Waals surface area (Å²) in [6.45, 7) is 2.73. The molecule has 2 atom stereocenters. The van der Waals surface area contributed by atoms with E-state index in [1.807, 2.05) is 41.3 Å². The second-order valence-corrected chi connectivity index (χ2v) is 14.9. The number of quaternary nitrogens is 1. The van der Waals surface area contributed by atoms with Crippen LogP contribution in [0.5, 0.6) is 0 Å². The summed E-state index contributed by atoms with van der Waals surface area (Å²) >= 11 is 19.1. The SMILES string of the molecule is O=C(O)N1CCC2(CC1)CC[N+](Cc1ccc(Cl)c(Cl)c1)(C(=O)c1ccc3c(c1)C(N(C(=O)c1ccccc1Cl)C1CC1)CC3)C2. The third kappa shape index (κ3) is 5.81. The first-order valence-corrected chi connectivity index (χ1v) is 17.2. The van der Waals surface area contributed by atoms with E-state index in [1.165, 1.54) is 10.5 Å². The van der Waals surface area contributed by atoms with Gasteiger partial charge in [-0.2, -0.15) is 0 Å². The average molecular weight is 682 g/mol. The minimum absolute atomic E-state index is 0.0486. The van der Waals surface area contributed by atoms with Crippen LogP contribution < -0.4 is 0 Å². The number of carbonyl (C=O) groups is 3. The molecule has 240 valence electrons. The molecule has 2 aliphatic heterocycles. The van der Waals surface area contributed by atoms with E-state index in [1.54, 1.807) is 18.2 Å². The summed E-state index contributed by atoms with van der Waals surface area (Å²) in [5.41, 5.74) is 4.21. The fourth-order valence-electron chi connectivity index (χ4n) is 8.16. The van der Waals surface area contributed by atoms with Crippen molar-refractivity contribution in [3.8, 4) is 0 Å². The first-order chi connectivity index (χ1) is 22.1. The maximum Gasteiger partial charge on any atom is 0.407 e. The molecule has 3 aromatic rings. The number of carboxylic acid groups (broad SMARTS) is 1. The third-order valence-corrected chi connectivity index (χ3v) is 11.8. The highest BCUT2D eigenvalue weighted by atomic mass is 35.5. The zero-order valence-electron chi connectivity index (χ0n) is 25.6. The Kier molecular flexibility index (Phi) is 8.33. The summed E-state index contributed by atoms with van der Waals surface area (Å²) in [5, 5.41) is 10.9. The van der Waals surface area contributed by atoms with Gasteiger partial charge in [-0.05, 0) is 86.1 Å². The van der Waals surface area contributed by atoms with E-state index >= 15 is 0 Å². The molecule has 2 heterocycles. The third-order valence-electron chi connectivity index (χ3n) is 10.8. The fourth-order valence-corrected chi connectivity index (χ4v) is 8.70. The number of halogens is 3. The molecule has 2 unspecified atom stereocenters. The fraction of sp³-hybridized carbons (Fsp3) is 0.417. The van der Waals surface area contributed by atoms with E-state index in [-0.39, 0.29) is 33.8 Å². The average Bonchev–Trinajstić information content (AvgIpc) is 3.70. The van der Waals surface area contributed by atoms with Crippen molar-refractivity contribution in [2.45, 2.75) is 63.6 Å². The van der Waals surface area contributed by atoms with E-state index in [2.05, 4.69) is 6.07 Å².